The molecule has 0 bridgehead atoms. The second-order valence-corrected chi connectivity index (χ2v) is 2.38. The predicted molar refractivity (Wildman–Crippen MR) is 42.0 cm³/mol. The van der Waals surface area contributed by atoms with Crippen LogP contribution in [0.3, 0.4) is 0 Å². The zero-order valence-electron chi connectivity index (χ0n) is 6.73. The molecule has 12 heavy (non-hydrogen) atoms. The number of carboxylic acid groups (broad SMARTS) is 1. The molecular weight excluding hydrogens is 160 g/mol. The fraction of sp³-hybridized carbons (Fsp3) is 0.429. The van der Waals surface area contributed by atoms with E-state index in [1.165, 1.54) is 12.5 Å². The first-order valence-electron chi connectivity index (χ1n) is 3.52. The minimum absolute atomic E-state index is 0.0822. The van der Waals surface area contributed by atoms with E-state index in [4.69, 9.17) is 9.52 Å². The van der Waals surface area contributed by atoms with E-state index in [1.807, 2.05) is 0 Å². The maximum absolute atomic E-state index is 10.2. The van der Waals surface area contributed by atoms with Gasteiger partial charge in [-0.15, -0.1) is 0 Å². The van der Waals surface area contributed by atoms with Gasteiger partial charge in [0.05, 0.1) is 12.6 Å². The second-order valence-electron chi connectivity index (χ2n) is 2.38. The first-order chi connectivity index (χ1) is 5.70. The van der Waals surface area contributed by atoms with E-state index in [9.17, 15) is 4.79 Å². The summed E-state index contributed by atoms with van der Waals surface area (Å²) in [5, 5.41) is 8.38. The lowest BCUT2D eigenvalue weighted by molar-refractivity contribution is -0.136. The van der Waals surface area contributed by atoms with Crippen molar-refractivity contribution in [3.05, 3.63) is 12.5 Å². The monoisotopic (exact) mass is 170 g/mol. The molecular formula is C7H10N2O3. The molecule has 5 heteroatoms. The number of rotatable bonds is 4. The molecule has 0 amide bonds. The van der Waals surface area contributed by atoms with Gasteiger partial charge in [0.25, 0.3) is 6.01 Å². The molecule has 0 aliphatic heterocycles. The number of nitrogens with zero attached hydrogens (tertiary/aromatic N) is 2. The summed E-state index contributed by atoms with van der Waals surface area (Å²) < 4.78 is 4.95. The van der Waals surface area contributed by atoms with Crippen molar-refractivity contribution in [2.75, 3.05) is 18.5 Å². The molecule has 1 heterocycles. The lowest BCUT2D eigenvalue weighted by Crippen LogP contribution is -2.21. The third-order valence-corrected chi connectivity index (χ3v) is 1.41. The first-order valence-corrected chi connectivity index (χ1v) is 3.52. The van der Waals surface area contributed by atoms with Crippen molar-refractivity contribution in [1.82, 2.24) is 4.98 Å². The number of carboxylic acids is 1. The van der Waals surface area contributed by atoms with E-state index in [0.29, 0.717) is 12.6 Å². The van der Waals surface area contributed by atoms with Gasteiger partial charge in [-0.25, -0.2) is 4.98 Å². The van der Waals surface area contributed by atoms with Crippen LogP contribution in [0.4, 0.5) is 6.01 Å². The van der Waals surface area contributed by atoms with Crippen LogP contribution in [0, 0.1) is 0 Å². The van der Waals surface area contributed by atoms with E-state index < -0.39 is 5.97 Å². The van der Waals surface area contributed by atoms with Crippen molar-refractivity contribution >= 4 is 12.0 Å². The van der Waals surface area contributed by atoms with E-state index >= 15 is 0 Å². The van der Waals surface area contributed by atoms with Crippen LogP contribution < -0.4 is 4.90 Å². The molecule has 0 spiro atoms. The smallest absolute Gasteiger partial charge is 0.305 e. The molecule has 0 aliphatic rings. The van der Waals surface area contributed by atoms with Crippen molar-refractivity contribution < 1.29 is 14.3 Å². The molecule has 0 fully saturated rings. The van der Waals surface area contributed by atoms with Crippen molar-refractivity contribution in [1.29, 1.82) is 0 Å². The summed E-state index contributed by atoms with van der Waals surface area (Å²) in [5.74, 6) is -0.826. The number of oxazole rings is 1. The highest BCUT2D eigenvalue weighted by molar-refractivity contribution is 5.67. The Bertz CT molecular complexity index is 245. The summed E-state index contributed by atoms with van der Waals surface area (Å²) in [7, 11) is 1.73. The van der Waals surface area contributed by atoms with Gasteiger partial charge in [-0.3, -0.25) is 4.79 Å². The van der Waals surface area contributed by atoms with E-state index in [2.05, 4.69) is 4.98 Å². The quantitative estimate of drug-likeness (QED) is 0.716. The average molecular weight is 170 g/mol. The summed E-state index contributed by atoms with van der Waals surface area (Å²) in [6, 6.07) is 0.441. The summed E-state index contributed by atoms with van der Waals surface area (Å²) in [5.41, 5.74) is 0. The van der Waals surface area contributed by atoms with Gasteiger partial charge in [0.1, 0.15) is 6.26 Å². The molecule has 66 valence electrons. The van der Waals surface area contributed by atoms with Crippen LogP contribution >= 0.6 is 0 Å². The maximum Gasteiger partial charge on any atom is 0.305 e. The molecule has 1 N–H and O–H groups in total. The van der Waals surface area contributed by atoms with Crippen molar-refractivity contribution in [2.24, 2.45) is 0 Å². The molecule has 5 nitrogen and oxygen atoms in total. The molecule has 0 aliphatic carbocycles. The molecule has 0 aromatic carbocycles. The number of hydrogen-bond acceptors (Lipinski definition) is 4. The summed E-state index contributed by atoms with van der Waals surface area (Å²) in [4.78, 5) is 15.7. The SMILES string of the molecule is CN(CCC(=O)O)c1ncco1. The topological polar surface area (TPSA) is 66.6 Å². The molecule has 1 aromatic rings. The van der Waals surface area contributed by atoms with Gasteiger partial charge in [0.15, 0.2) is 0 Å². The lowest BCUT2D eigenvalue weighted by atomic mass is 10.4. The number of aliphatic carboxylic acids is 1. The molecule has 1 aromatic heterocycles. The fourth-order valence-corrected chi connectivity index (χ4v) is 0.763. The number of anilines is 1. The molecule has 0 saturated carbocycles. The van der Waals surface area contributed by atoms with E-state index in [0.717, 1.165) is 0 Å². The van der Waals surface area contributed by atoms with E-state index in [-0.39, 0.29) is 6.42 Å². The van der Waals surface area contributed by atoms with Crippen LogP contribution in [0.1, 0.15) is 6.42 Å². The Kier molecular flexibility index (Phi) is 2.68. The zero-order chi connectivity index (χ0) is 8.97. The molecule has 1 rings (SSSR count). The minimum Gasteiger partial charge on any atom is -0.481 e. The zero-order valence-corrected chi connectivity index (χ0v) is 6.73. The lowest BCUT2D eigenvalue weighted by Gasteiger charge is -2.11. The van der Waals surface area contributed by atoms with Gasteiger partial charge in [0, 0.05) is 13.6 Å². The van der Waals surface area contributed by atoms with Crippen LogP contribution in [-0.2, 0) is 4.79 Å². The average Bonchev–Trinajstić information content (AvgIpc) is 2.51. The normalized spacial score (nSPS) is 9.75. The Morgan fingerprint density at radius 1 is 1.83 bits per heavy atom. The van der Waals surface area contributed by atoms with Crippen molar-refractivity contribution in [3.8, 4) is 0 Å². The van der Waals surface area contributed by atoms with Gasteiger partial charge in [-0.05, 0) is 0 Å². The number of carbonyl (C=O) groups is 1. The Hall–Kier alpha value is -1.52. The minimum atomic E-state index is -0.826. The largest absolute Gasteiger partial charge is 0.481 e. The third-order valence-electron chi connectivity index (χ3n) is 1.41. The Morgan fingerprint density at radius 3 is 3.08 bits per heavy atom. The van der Waals surface area contributed by atoms with Gasteiger partial charge >= 0.3 is 5.97 Å². The van der Waals surface area contributed by atoms with Gasteiger partial charge in [0.2, 0.25) is 0 Å². The first kappa shape index (κ1) is 8.58. The van der Waals surface area contributed by atoms with Crippen molar-refractivity contribution in [2.45, 2.75) is 6.42 Å². The van der Waals surface area contributed by atoms with Gasteiger partial charge in [-0.1, -0.05) is 0 Å². The Morgan fingerprint density at radius 2 is 2.58 bits per heavy atom. The fourth-order valence-electron chi connectivity index (χ4n) is 0.763. The standard InChI is InChI=1S/C7H10N2O3/c1-9(4-2-6(10)11)7-8-3-5-12-7/h3,5H,2,4H2,1H3,(H,10,11). The summed E-state index contributed by atoms with van der Waals surface area (Å²) >= 11 is 0. The highest BCUT2D eigenvalue weighted by Crippen LogP contribution is 2.07. The third kappa shape index (κ3) is 2.26. The molecule has 0 saturated heterocycles. The van der Waals surface area contributed by atoms with Crippen LogP contribution in [0.2, 0.25) is 0 Å². The van der Waals surface area contributed by atoms with Crippen LogP contribution in [0.15, 0.2) is 16.9 Å². The molecule has 0 radical (unpaired) electrons. The Balaban J connectivity index is 2.39. The van der Waals surface area contributed by atoms with Gasteiger partial charge < -0.3 is 14.4 Å². The predicted octanol–water partition coefficient (Wildman–Crippen LogP) is 0.585. The highest BCUT2D eigenvalue weighted by atomic mass is 16.4. The van der Waals surface area contributed by atoms with Crippen LogP contribution in [0.25, 0.3) is 0 Å². The summed E-state index contributed by atoms with van der Waals surface area (Å²) in [6.45, 7) is 0.399. The van der Waals surface area contributed by atoms with Crippen molar-refractivity contribution in [3.63, 3.8) is 0 Å². The highest BCUT2D eigenvalue weighted by Gasteiger charge is 2.06. The van der Waals surface area contributed by atoms with E-state index in [1.54, 1.807) is 11.9 Å². The summed E-state index contributed by atoms with van der Waals surface area (Å²) in [6.07, 6.45) is 3.05. The second kappa shape index (κ2) is 3.75. The van der Waals surface area contributed by atoms with Gasteiger partial charge in [-0.2, -0.15) is 0 Å². The number of aromatic nitrogens is 1. The number of hydrogen-bond donors (Lipinski definition) is 1. The molecule has 0 atom stereocenters. The van der Waals surface area contributed by atoms with Crippen LogP contribution in [0.5, 0.6) is 0 Å². The molecule has 0 unspecified atom stereocenters. The Labute approximate surface area is 69.6 Å². The maximum atomic E-state index is 10.2. The van der Waals surface area contributed by atoms with Crippen LogP contribution in [-0.4, -0.2) is 29.7 Å².